The van der Waals surface area contributed by atoms with Crippen molar-refractivity contribution in [2.45, 2.75) is 20.0 Å². The molecule has 0 heterocycles. The van der Waals surface area contributed by atoms with Crippen molar-refractivity contribution in [3.63, 3.8) is 0 Å². The molecule has 1 aromatic rings. The predicted octanol–water partition coefficient (Wildman–Crippen LogP) is 2.37. The molecule has 0 saturated heterocycles. The van der Waals surface area contributed by atoms with E-state index in [9.17, 15) is 18.0 Å². The van der Waals surface area contributed by atoms with Crippen molar-refractivity contribution in [2.24, 2.45) is 5.73 Å². The number of nitrogens with zero attached hydrogens (tertiary/aromatic N) is 1. The standard InChI is InChI=1S/C11H11F3N2O2S/c1-6-3-7(2)5-8(4-6)16(10(15)19)18-9(17)11(12,13)14/h3-5H,1-2H3,(H2,15,19). The SMILES string of the molecule is Cc1cc(C)cc(N(OC(=O)C(F)(F)F)C(N)=S)c1. The Hall–Kier alpha value is -1.83. The number of hydrogen-bond donors (Lipinski definition) is 1. The Morgan fingerprint density at radius 3 is 2.11 bits per heavy atom. The third-order valence-corrected chi connectivity index (χ3v) is 2.21. The molecule has 4 nitrogen and oxygen atoms in total. The highest BCUT2D eigenvalue weighted by Gasteiger charge is 2.43. The number of aryl methyl sites for hydroxylation is 2. The van der Waals surface area contributed by atoms with Crippen LogP contribution < -0.4 is 10.8 Å². The molecule has 0 spiro atoms. The summed E-state index contributed by atoms with van der Waals surface area (Å²) in [5, 5.41) is -0.0203. The molecule has 0 atom stereocenters. The van der Waals surface area contributed by atoms with Gasteiger partial charge < -0.3 is 10.6 Å². The number of hydrogen-bond acceptors (Lipinski definition) is 3. The summed E-state index contributed by atoms with van der Waals surface area (Å²) in [4.78, 5) is 15.0. The van der Waals surface area contributed by atoms with E-state index in [-0.39, 0.29) is 5.69 Å². The molecule has 0 fully saturated rings. The summed E-state index contributed by atoms with van der Waals surface area (Å²) < 4.78 is 36.5. The van der Waals surface area contributed by atoms with Crippen molar-refractivity contribution < 1.29 is 22.8 Å². The molecule has 8 heteroatoms. The lowest BCUT2D eigenvalue weighted by Gasteiger charge is -2.22. The average molecular weight is 292 g/mol. The van der Waals surface area contributed by atoms with Gasteiger partial charge in [0.2, 0.25) is 5.11 Å². The first kappa shape index (κ1) is 15.2. The number of alkyl halides is 3. The van der Waals surface area contributed by atoms with E-state index in [0.717, 1.165) is 11.1 Å². The van der Waals surface area contributed by atoms with Gasteiger partial charge in [-0.05, 0) is 49.3 Å². The van der Waals surface area contributed by atoms with Gasteiger partial charge in [0.1, 0.15) is 0 Å². The van der Waals surface area contributed by atoms with Gasteiger partial charge in [-0.15, -0.1) is 5.06 Å². The van der Waals surface area contributed by atoms with E-state index in [1.165, 1.54) is 12.1 Å². The molecular weight excluding hydrogens is 281 g/mol. The Labute approximate surface area is 112 Å². The maximum absolute atomic E-state index is 12.2. The van der Waals surface area contributed by atoms with Crippen molar-refractivity contribution in [1.82, 2.24) is 0 Å². The molecule has 0 amide bonds. The van der Waals surface area contributed by atoms with E-state index in [1.807, 2.05) is 0 Å². The molecule has 0 aliphatic rings. The van der Waals surface area contributed by atoms with Crippen molar-refractivity contribution in [1.29, 1.82) is 0 Å². The smallest absolute Gasteiger partial charge is 0.373 e. The highest BCUT2D eigenvalue weighted by molar-refractivity contribution is 7.80. The molecule has 0 aliphatic heterocycles. The Morgan fingerprint density at radius 1 is 1.26 bits per heavy atom. The van der Waals surface area contributed by atoms with Crippen LogP contribution in [0.3, 0.4) is 0 Å². The van der Waals surface area contributed by atoms with E-state index in [2.05, 4.69) is 17.1 Å². The number of nitrogens with two attached hydrogens (primary N) is 1. The number of halogens is 3. The van der Waals surface area contributed by atoms with E-state index in [0.29, 0.717) is 5.06 Å². The lowest BCUT2D eigenvalue weighted by molar-refractivity contribution is -0.199. The van der Waals surface area contributed by atoms with Crippen molar-refractivity contribution in [2.75, 3.05) is 5.06 Å². The second-order valence-corrected chi connectivity index (χ2v) is 4.27. The van der Waals surface area contributed by atoms with Gasteiger partial charge in [0, 0.05) is 0 Å². The monoisotopic (exact) mass is 292 g/mol. The fraction of sp³-hybridized carbons (Fsp3) is 0.273. The van der Waals surface area contributed by atoms with Crippen molar-refractivity contribution >= 4 is 29.0 Å². The van der Waals surface area contributed by atoms with E-state index < -0.39 is 17.3 Å². The molecule has 1 rings (SSSR count). The fourth-order valence-electron chi connectivity index (χ4n) is 1.43. The number of thiocarbonyl (C=S) groups is 1. The molecule has 2 N–H and O–H groups in total. The Balaban J connectivity index is 3.08. The topological polar surface area (TPSA) is 55.6 Å². The first-order valence-corrected chi connectivity index (χ1v) is 5.49. The molecule has 0 unspecified atom stereocenters. The van der Waals surface area contributed by atoms with Crippen LogP contribution in [0.2, 0.25) is 0 Å². The summed E-state index contributed by atoms with van der Waals surface area (Å²) in [6.45, 7) is 3.47. The Bertz CT molecular complexity index is 497. The molecule has 0 aromatic heterocycles. The summed E-state index contributed by atoms with van der Waals surface area (Å²) in [5.41, 5.74) is 6.95. The number of rotatable bonds is 1. The summed E-state index contributed by atoms with van der Waals surface area (Å²) in [6, 6.07) is 4.79. The Kier molecular flexibility index (Phi) is 4.35. The number of hydroxylamine groups is 1. The summed E-state index contributed by atoms with van der Waals surface area (Å²) >= 11 is 4.59. The number of anilines is 1. The largest absolute Gasteiger partial charge is 0.493 e. The van der Waals surface area contributed by atoms with Gasteiger partial charge in [-0.3, -0.25) is 0 Å². The zero-order valence-corrected chi connectivity index (χ0v) is 10.9. The lowest BCUT2D eigenvalue weighted by Crippen LogP contribution is -2.41. The maximum Gasteiger partial charge on any atom is 0.493 e. The predicted molar refractivity (Wildman–Crippen MR) is 67.3 cm³/mol. The molecule has 0 bridgehead atoms. The van der Waals surface area contributed by atoms with E-state index in [1.54, 1.807) is 19.9 Å². The van der Waals surface area contributed by atoms with Crippen LogP contribution >= 0.6 is 12.2 Å². The minimum Gasteiger partial charge on any atom is -0.373 e. The minimum absolute atomic E-state index is 0.155. The molecule has 0 radical (unpaired) electrons. The zero-order valence-electron chi connectivity index (χ0n) is 10.1. The summed E-state index contributed by atoms with van der Waals surface area (Å²) in [6.07, 6.45) is -5.12. The van der Waals surface area contributed by atoms with Gasteiger partial charge in [0.25, 0.3) is 0 Å². The van der Waals surface area contributed by atoms with Crippen molar-refractivity contribution in [3.8, 4) is 0 Å². The molecule has 0 aliphatic carbocycles. The van der Waals surface area contributed by atoms with Crippen LogP contribution in [0, 0.1) is 13.8 Å². The van der Waals surface area contributed by atoms with Crippen LogP contribution in [0.4, 0.5) is 18.9 Å². The van der Waals surface area contributed by atoms with Gasteiger partial charge in [-0.1, -0.05) is 6.07 Å². The summed E-state index contributed by atoms with van der Waals surface area (Å²) in [7, 11) is 0. The number of benzene rings is 1. The summed E-state index contributed by atoms with van der Waals surface area (Å²) in [5.74, 6) is -2.39. The van der Waals surface area contributed by atoms with Crippen molar-refractivity contribution in [3.05, 3.63) is 29.3 Å². The molecule has 0 saturated carbocycles. The van der Waals surface area contributed by atoms with Crippen LogP contribution in [0.25, 0.3) is 0 Å². The first-order chi connectivity index (χ1) is 8.61. The van der Waals surface area contributed by atoms with Gasteiger partial charge >= 0.3 is 12.1 Å². The van der Waals surface area contributed by atoms with E-state index >= 15 is 0 Å². The number of carbonyl (C=O) groups excluding carboxylic acids is 1. The molecule has 1 aromatic carbocycles. The van der Waals surface area contributed by atoms with Gasteiger partial charge in [-0.25, -0.2) is 4.79 Å². The third kappa shape index (κ3) is 4.09. The normalized spacial score (nSPS) is 11.0. The minimum atomic E-state index is -5.12. The van der Waals surface area contributed by atoms with Crippen LogP contribution in [0.15, 0.2) is 18.2 Å². The van der Waals surface area contributed by atoms with Crippen LogP contribution in [-0.2, 0) is 9.63 Å². The highest BCUT2D eigenvalue weighted by atomic mass is 32.1. The average Bonchev–Trinajstić information content (AvgIpc) is 2.21. The Morgan fingerprint density at radius 2 is 1.74 bits per heavy atom. The molecule has 104 valence electrons. The fourth-order valence-corrected chi connectivity index (χ4v) is 1.57. The quantitative estimate of drug-likeness (QED) is 0.636. The van der Waals surface area contributed by atoms with Gasteiger partial charge in [-0.2, -0.15) is 13.2 Å². The zero-order chi connectivity index (χ0) is 14.8. The third-order valence-electron chi connectivity index (χ3n) is 2.05. The van der Waals surface area contributed by atoms with Crippen LogP contribution in [0.1, 0.15) is 11.1 Å². The molecular formula is C11H11F3N2O2S. The van der Waals surface area contributed by atoms with E-state index in [4.69, 9.17) is 5.73 Å². The second kappa shape index (κ2) is 5.43. The molecule has 19 heavy (non-hydrogen) atoms. The lowest BCUT2D eigenvalue weighted by atomic mass is 10.1. The van der Waals surface area contributed by atoms with Crippen LogP contribution in [0.5, 0.6) is 0 Å². The number of carbonyl (C=O) groups is 1. The highest BCUT2D eigenvalue weighted by Crippen LogP contribution is 2.23. The second-order valence-electron chi connectivity index (χ2n) is 3.86. The van der Waals surface area contributed by atoms with Crippen LogP contribution in [-0.4, -0.2) is 17.3 Å². The first-order valence-electron chi connectivity index (χ1n) is 5.08. The van der Waals surface area contributed by atoms with Gasteiger partial charge in [0.15, 0.2) is 0 Å². The van der Waals surface area contributed by atoms with Gasteiger partial charge in [0.05, 0.1) is 5.69 Å². The maximum atomic E-state index is 12.2.